The smallest absolute Gasteiger partial charge is 0.306 e. The molecule has 0 radical (unpaired) electrons. The van der Waals surface area contributed by atoms with Gasteiger partial charge in [-0.3, -0.25) is 14.4 Å². The Kier molecular flexibility index (Phi) is 56.3. The van der Waals surface area contributed by atoms with Crippen molar-refractivity contribution < 1.29 is 28.6 Å². The van der Waals surface area contributed by atoms with Gasteiger partial charge in [-0.1, -0.05) is 247 Å². The van der Waals surface area contributed by atoms with Crippen LogP contribution in [0.15, 0.2) is 85.1 Å². The lowest BCUT2D eigenvalue weighted by Crippen LogP contribution is -2.30. The second-order valence-electron chi connectivity index (χ2n) is 19.9. The number of carbonyl (C=O) groups is 3. The highest BCUT2D eigenvalue weighted by molar-refractivity contribution is 5.71. The predicted octanol–water partition coefficient (Wildman–Crippen LogP) is 20.3. The summed E-state index contributed by atoms with van der Waals surface area (Å²) in [6.45, 7) is 6.49. The summed E-state index contributed by atoms with van der Waals surface area (Å²) in [6, 6.07) is 0. The van der Waals surface area contributed by atoms with Crippen molar-refractivity contribution in [2.45, 2.75) is 297 Å². The molecule has 0 aromatic heterocycles. The molecule has 0 bridgehead atoms. The molecule has 71 heavy (non-hydrogen) atoms. The van der Waals surface area contributed by atoms with Crippen LogP contribution in [0.5, 0.6) is 0 Å². The summed E-state index contributed by atoms with van der Waals surface area (Å²) in [6.07, 6.45) is 77.3. The highest BCUT2D eigenvalue weighted by Gasteiger charge is 2.19. The first-order valence-electron chi connectivity index (χ1n) is 30.1. The molecule has 0 saturated carbocycles. The quantitative estimate of drug-likeness (QED) is 0.0261. The highest BCUT2D eigenvalue weighted by Crippen LogP contribution is 2.15. The van der Waals surface area contributed by atoms with Gasteiger partial charge in [-0.2, -0.15) is 0 Å². The number of rotatable bonds is 54. The fraction of sp³-hybridized carbons (Fsp3) is 0.738. The van der Waals surface area contributed by atoms with E-state index in [1.165, 1.54) is 116 Å². The molecule has 1 atom stereocenters. The van der Waals surface area contributed by atoms with Crippen LogP contribution in [-0.2, 0) is 28.6 Å². The molecule has 0 heterocycles. The number of allylic oxidation sites excluding steroid dienone is 14. The maximum atomic E-state index is 12.8. The van der Waals surface area contributed by atoms with Gasteiger partial charge in [0.1, 0.15) is 13.2 Å². The van der Waals surface area contributed by atoms with Gasteiger partial charge in [0, 0.05) is 19.3 Å². The summed E-state index contributed by atoms with van der Waals surface area (Å²) in [5.41, 5.74) is 0. The van der Waals surface area contributed by atoms with E-state index in [1.54, 1.807) is 0 Å². The molecular weight excluding hydrogens is 877 g/mol. The zero-order valence-corrected chi connectivity index (χ0v) is 46.7. The van der Waals surface area contributed by atoms with E-state index in [1.807, 2.05) is 0 Å². The van der Waals surface area contributed by atoms with Crippen molar-refractivity contribution in [3.05, 3.63) is 85.1 Å². The van der Waals surface area contributed by atoms with Gasteiger partial charge in [0.25, 0.3) is 0 Å². The molecule has 1 unspecified atom stereocenters. The van der Waals surface area contributed by atoms with Crippen molar-refractivity contribution in [1.29, 1.82) is 0 Å². The molecule has 0 rings (SSSR count). The van der Waals surface area contributed by atoms with Crippen molar-refractivity contribution in [3.8, 4) is 0 Å². The standard InChI is InChI=1S/C65H112O6/c1-4-7-10-13-16-19-22-25-26-27-28-29-30-31-32-33-34-35-36-37-38-41-43-46-49-52-55-58-64(67)70-61-62(71-65(68)59-56-53-50-47-44-40-24-21-18-15-12-9-6-3)60-69-63(66)57-54-51-48-45-42-39-23-20-17-14-11-8-5-2/h11-12,14-15,20-25,27-28,30-31,62H,4-10,13,16-19,26,29,32-61H2,1-3H3/b14-11-,15-12-,23-20-,24-21-,25-22-,28-27-,31-30-. The van der Waals surface area contributed by atoms with Crippen molar-refractivity contribution in [1.82, 2.24) is 0 Å². The van der Waals surface area contributed by atoms with Crippen LogP contribution in [0.1, 0.15) is 290 Å². The van der Waals surface area contributed by atoms with E-state index in [2.05, 4.69) is 106 Å². The molecule has 0 aliphatic heterocycles. The third kappa shape index (κ3) is 57.4. The fourth-order valence-electron chi connectivity index (χ4n) is 8.29. The second kappa shape index (κ2) is 59.2. The first-order valence-corrected chi connectivity index (χ1v) is 30.1. The van der Waals surface area contributed by atoms with Crippen LogP contribution < -0.4 is 0 Å². The molecule has 0 aliphatic carbocycles. The molecule has 0 fully saturated rings. The van der Waals surface area contributed by atoms with Gasteiger partial charge in [0.2, 0.25) is 0 Å². The summed E-state index contributed by atoms with van der Waals surface area (Å²) in [5.74, 6) is -0.913. The number of unbranched alkanes of at least 4 members (excludes halogenated alkanes) is 29. The third-order valence-corrected chi connectivity index (χ3v) is 12.8. The fourth-order valence-corrected chi connectivity index (χ4v) is 8.29. The molecule has 6 nitrogen and oxygen atoms in total. The molecule has 0 spiro atoms. The molecule has 0 N–H and O–H groups in total. The SMILES string of the molecule is CCC/C=C\C/C=C\CCCCCCCC(=O)OCC(COC(=O)CCCCCCCCCCCCCC/C=C\C/C=C\C/C=C\CCCCCCC)OC(=O)CCCCCCC/C=C\C/C=C\CCC. The molecule has 6 heteroatoms. The van der Waals surface area contributed by atoms with Crippen LogP contribution in [0.25, 0.3) is 0 Å². The zero-order chi connectivity index (χ0) is 51.4. The first-order chi connectivity index (χ1) is 35.0. The van der Waals surface area contributed by atoms with Crippen molar-refractivity contribution in [2.24, 2.45) is 0 Å². The van der Waals surface area contributed by atoms with Gasteiger partial charge >= 0.3 is 17.9 Å². The van der Waals surface area contributed by atoms with Gasteiger partial charge in [-0.15, -0.1) is 0 Å². The van der Waals surface area contributed by atoms with E-state index in [-0.39, 0.29) is 31.1 Å². The van der Waals surface area contributed by atoms with E-state index in [0.717, 1.165) is 135 Å². The highest BCUT2D eigenvalue weighted by atomic mass is 16.6. The Morgan fingerprint density at radius 3 is 0.845 bits per heavy atom. The minimum Gasteiger partial charge on any atom is -0.462 e. The van der Waals surface area contributed by atoms with Gasteiger partial charge in [-0.05, 0) is 109 Å². The Morgan fingerprint density at radius 2 is 0.535 bits per heavy atom. The summed E-state index contributed by atoms with van der Waals surface area (Å²) in [4.78, 5) is 38.1. The van der Waals surface area contributed by atoms with Crippen LogP contribution in [0.2, 0.25) is 0 Å². The van der Waals surface area contributed by atoms with E-state index >= 15 is 0 Å². The predicted molar refractivity (Wildman–Crippen MR) is 307 cm³/mol. The first kappa shape index (κ1) is 67.6. The van der Waals surface area contributed by atoms with E-state index < -0.39 is 6.10 Å². The number of ether oxygens (including phenoxy) is 3. The topological polar surface area (TPSA) is 78.9 Å². The maximum Gasteiger partial charge on any atom is 0.306 e. The summed E-state index contributed by atoms with van der Waals surface area (Å²) in [7, 11) is 0. The third-order valence-electron chi connectivity index (χ3n) is 12.8. The average molecular weight is 990 g/mol. The van der Waals surface area contributed by atoms with E-state index in [4.69, 9.17) is 14.2 Å². The maximum absolute atomic E-state index is 12.8. The molecular formula is C65H112O6. The molecule has 0 saturated heterocycles. The molecule has 0 aromatic rings. The number of hydrogen-bond acceptors (Lipinski definition) is 6. The van der Waals surface area contributed by atoms with E-state index in [0.29, 0.717) is 19.3 Å². The summed E-state index contributed by atoms with van der Waals surface area (Å²) < 4.78 is 16.8. The van der Waals surface area contributed by atoms with Crippen LogP contribution >= 0.6 is 0 Å². The Balaban J connectivity index is 4.25. The number of carbonyl (C=O) groups excluding carboxylic acids is 3. The largest absolute Gasteiger partial charge is 0.462 e. The lowest BCUT2D eigenvalue weighted by Gasteiger charge is -2.18. The van der Waals surface area contributed by atoms with Crippen LogP contribution in [-0.4, -0.2) is 37.2 Å². The van der Waals surface area contributed by atoms with Crippen molar-refractivity contribution >= 4 is 17.9 Å². The van der Waals surface area contributed by atoms with Gasteiger partial charge in [0.15, 0.2) is 6.10 Å². The van der Waals surface area contributed by atoms with Crippen molar-refractivity contribution in [3.63, 3.8) is 0 Å². The molecule has 0 aliphatic rings. The molecule has 0 aromatic carbocycles. The average Bonchev–Trinajstić information content (AvgIpc) is 3.37. The number of hydrogen-bond donors (Lipinski definition) is 0. The van der Waals surface area contributed by atoms with Gasteiger partial charge in [-0.25, -0.2) is 0 Å². The Labute approximate surface area is 439 Å². The lowest BCUT2D eigenvalue weighted by molar-refractivity contribution is -0.167. The van der Waals surface area contributed by atoms with E-state index in [9.17, 15) is 14.4 Å². The van der Waals surface area contributed by atoms with Gasteiger partial charge < -0.3 is 14.2 Å². The molecule has 408 valence electrons. The second-order valence-corrected chi connectivity index (χ2v) is 19.9. The number of esters is 3. The van der Waals surface area contributed by atoms with Crippen LogP contribution in [0.4, 0.5) is 0 Å². The van der Waals surface area contributed by atoms with Crippen LogP contribution in [0, 0.1) is 0 Å². The monoisotopic (exact) mass is 989 g/mol. The Bertz CT molecular complexity index is 1370. The zero-order valence-electron chi connectivity index (χ0n) is 46.7. The lowest BCUT2D eigenvalue weighted by atomic mass is 10.0. The van der Waals surface area contributed by atoms with Crippen LogP contribution in [0.3, 0.4) is 0 Å². The minimum atomic E-state index is -0.790. The molecule has 0 amide bonds. The van der Waals surface area contributed by atoms with Gasteiger partial charge in [0.05, 0.1) is 0 Å². The van der Waals surface area contributed by atoms with Crippen molar-refractivity contribution in [2.75, 3.05) is 13.2 Å². The Hall–Kier alpha value is -3.41. The summed E-state index contributed by atoms with van der Waals surface area (Å²) in [5, 5.41) is 0. The normalized spacial score (nSPS) is 12.7. The Morgan fingerprint density at radius 1 is 0.282 bits per heavy atom. The summed E-state index contributed by atoms with van der Waals surface area (Å²) >= 11 is 0. The minimum absolute atomic E-state index is 0.0874.